The minimum atomic E-state index is 0. The van der Waals surface area contributed by atoms with E-state index in [0.29, 0.717) is 0 Å². The first-order valence-electron chi connectivity index (χ1n) is 7.72. The summed E-state index contributed by atoms with van der Waals surface area (Å²) in [6.07, 6.45) is 7.46. The van der Waals surface area contributed by atoms with Crippen LogP contribution in [0.5, 0.6) is 0 Å². The molecule has 2 heterocycles. The fourth-order valence-corrected chi connectivity index (χ4v) is 3.58. The van der Waals surface area contributed by atoms with Gasteiger partial charge in [0.25, 0.3) is 0 Å². The zero-order chi connectivity index (χ0) is 13.8. The van der Waals surface area contributed by atoms with Gasteiger partial charge in [-0.1, -0.05) is 18.9 Å². The first-order chi connectivity index (χ1) is 9.86. The molecule has 0 amide bonds. The molecule has 1 saturated heterocycles. The quantitative estimate of drug-likeness (QED) is 0.472. The van der Waals surface area contributed by atoms with Crippen LogP contribution >= 0.6 is 24.0 Å². The monoisotopic (exact) mass is 400 g/mol. The molecule has 0 radical (unpaired) electrons. The number of aliphatic imine (C=N–C) groups is 1. The van der Waals surface area contributed by atoms with Gasteiger partial charge in [0.2, 0.25) is 0 Å². The number of aromatic nitrogens is 1. The van der Waals surface area contributed by atoms with Gasteiger partial charge in [-0.25, -0.2) is 0 Å². The van der Waals surface area contributed by atoms with Crippen LogP contribution < -0.4 is 5.32 Å². The third-order valence-electron chi connectivity index (χ3n) is 4.64. The summed E-state index contributed by atoms with van der Waals surface area (Å²) in [7, 11) is 1.88. The molecule has 2 atom stereocenters. The van der Waals surface area contributed by atoms with Gasteiger partial charge in [-0.05, 0) is 36.8 Å². The second-order valence-electron chi connectivity index (χ2n) is 5.93. The normalized spacial score (nSPS) is 25.2. The topological polar surface area (TPSA) is 40.5 Å². The van der Waals surface area contributed by atoms with E-state index in [9.17, 15) is 0 Å². The molecular formula is C16H25IN4. The van der Waals surface area contributed by atoms with Crippen LogP contribution in [0.4, 0.5) is 0 Å². The average molecular weight is 400 g/mol. The maximum atomic E-state index is 4.45. The molecule has 0 bridgehead atoms. The van der Waals surface area contributed by atoms with Crippen molar-refractivity contribution in [3.05, 3.63) is 30.1 Å². The molecule has 1 aliphatic carbocycles. The van der Waals surface area contributed by atoms with Gasteiger partial charge >= 0.3 is 0 Å². The first-order valence-corrected chi connectivity index (χ1v) is 7.72. The second-order valence-corrected chi connectivity index (χ2v) is 5.93. The maximum Gasteiger partial charge on any atom is 0.193 e. The van der Waals surface area contributed by atoms with Crippen LogP contribution in [0.2, 0.25) is 0 Å². The average Bonchev–Trinajstić information content (AvgIpc) is 2.92. The standard InChI is InChI=1S/C16H24N4.HI/c1-17-16(19-10-15-8-4-5-9-18-15)20-11-13-6-2-3-7-14(13)12-20;/h4-5,8-9,13-14H,2-3,6-7,10-12H2,1H3,(H,17,19);1H. The number of guanidine groups is 1. The van der Waals surface area contributed by atoms with E-state index in [2.05, 4.69) is 20.2 Å². The van der Waals surface area contributed by atoms with Crippen molar-refractivity contribution in [3.8, 4) is 0 Å². The number of rotatable bonds is 2. The zero-order valence-electron chi connectivity index (χ0n) is 12.7. The molecule has 2 fully saturated rings. The lowest BCUT2D eigenvalue weighted by atomic mass is 9.82. The highest BCUT2D eigenvalue weighted by Crippen LogP contribution is 2.35. The van der Waals surface area contributed by atoms with Crippen molar-refractivity contribution >= 4 is 29.9 Å². The Hall–Kier alpha value is -0.850. The lowest BCUT2D eigenvalue weighted by molar-refractivity contribution is 0.299. The van der Waals surface area contributed by atoms with Crippen LogP contribution in [0.1, 0.15) is 31.4 Å². The van der Waals surface area contributed by atoms with E-state index in [0.717, 1.165) is 30.0 Å². The predicted octanol–water partition coefficient (Wildman–Crippen LogP) is 2.90. The van der Waals surface area contributed by atoms with E-state index in [1.54, 1.807) is 0 Å². The van der Waals surface area contributed by atoms with Gasteiger partial charge < -0.3 is 10.2 Å². The van der Waals surface area contributed by atoms with Gasteiger partial charge in [0.1, 0.15) is 0 Å². The molecular weight excluding hydrogens is 375 g/mol. The van der Waals surface area contributed by atoms with Crippen LogP contribution in [0.3, 0.4) is 0 Å². The summed E-state index contributed by atoms with van der Waals surface area (Å²) in [4.78, 5) is 11.2. The fourth-order valence-electron chi connectivity index (χ4n) is 3.58. The summed E-state index contributed by atoms with van der Waals surface area (Å²) in [5, 5.41) is 3.45. The van der Waals surface area contributed by atoms with E-state index in [1.165, 1.54) is 38.8 Å². The minimum Gasteiger partial charge on any atom is -0.351 e. The number of likely N-dealkylation sites (tertiary alicyclic amines) is 1. The third kappa shape index (κ3) is 4.08. The lowest BCUT2D eigenvalue weighted by Crippen LogP contribution is -2.40. The van der Waals surface area contributed by atoms with E-state index in [4.69, 9.17) is 0 Å². The van der Waals surface area contributed by atoms with E-state index >= 15 is 0 Å². The van der Waals surface area contributed by atoms with Crippen molar-refractivity contribution in [2.24, 2.45) is 16.8 Å². The Morgan fingerprint density at radius 3 is 2.57 bits per heavy atom. The third-order valence-corrected chi connectivity index (χ3v) is 4.64. The fraction of sp³-hybridized carbons (Fsp3) is 0.625. The molecule has 1 N–H and O–H groups in total. The predicted molar refractivity (Wildman–Crippen MR) is 96.9 cm³/mol. The largest absolute Gasteiger partial charge is 0.351 e. The number of nitrogens with one attached hydrogen (secondary N) is 1. The Labute approximate surface area is 144 Å². The van der Waals surface area contributed by atoms with E-state index in [1.807, 2.05) is 31.4 Å². The summed E-state index contributed by atoms with van der Waals surface area (Å²) in [5.74, 6) is 2.80. The van der Waals surface area contributed by atoms with Crippen LogP contribution in [-0.4, -0.2) is 36.0 Å². The number of fused-ring (bicyclic) bond motifs is 1. The van der Waals surface area contributed by atoms with Gasteiger partial charge in [0.05, 0.1) is 12.2 Å². The van der Waals surface area contributed by atoms with Gasteiger partial charge in [-0.15, -0.1) is 24.0 Å². The molecule has 1 aromatic rings. The molecule has 5 heteroatoms. The summed E-state index contributed by atoms with van der Waals surface area (Å²) in [6.45, 7) is 3.10. The Bertz CT molecular complexity index is 449. The van der Waals surface area contributed by atoms with Crippen molar-refractivity contribution in [2.45, 2.75) is 32.2 Å². The van der Waals surface area contributed by atoms with Gasteiger partial charge in [0.15, 0.2) is 5.96 Å². The first kappa shape index (κ1) is 16.5. The molecule has 0 spiro atoms. The van der Waals surface area contributed by atoms with Crippen LogP contribution in [0, 0.1) is 11.8 Å². The Morgan fingerprint density at radius 2 is 2.00 bits per heavy atom. The summed E-state index contributed by atoms with van der Waals surface area (Å²) >= 11 is 0. The van der Waals surface area contributed by atoms with E-state index in [-0.39, 0.29) is 24.0 Å². The molecule has 2 aliphatic rings. The van der Waals surface area contributed by atoms with Crippen molar-refractivity contribution < 1.29 is 0 Å². The molecule has 1 aromatic heterocycles. The van der Waals surface area contributed by atoms with Crippen LogP contribution in [-0.2, 0) is 6.54 Å². The molecule has 1 saturated carbocycles. The van der Waals surface area contributed by atoms with Gasteiger partial charge in [-0.3, -0.25) is 9.98 Å². The molecule has 21 heavy (non-hydrogen) atoms. The number of hydrogen-bond acceptors (Lipinski definition) is 2. The Kier molecular flexibility index (Phi) is 6.26. The zero-order valence-corrected chi connectivity index (χ0v) is 15.0. The Balaban J connectivity index is 0.00000161. The molecule has 116 valence electrons. The van der Waals surface area contributed by atoms with Gasteiger partial charge in [-0.2, -0.15) is 0 Å². The van der Waals surface area contributed by atoms with Crippen LogP contribution in [0.15, 0.2) is 29.4 Å². The smallest absolute Gasteiger partial charge is 0.193 e. The highest BCUT2D eigenvalue weighted by molar-refractivity contribution is 14.0. The SMILES string of the molecule is CN=C(NCc1ccccn1)N1CC2CCCCC2C1.I. The van der Waals surface area contributed by atoms with Crippen molar-refractivity contribution in [1.82, 2.24) is 15.2 Å². The highest BCUT2D eigenvalue weighted by Gasteiger charge is 2.35. The number of nitrogens with zero attached hydrogens (tertiary/aromatic N) is 3. The number of hydrogen-bond donors (Lipinski definition) is 1. The molecule has 2 unspecified atom stereocenters. The Morgan fingerprint density at radius 1 is 1.29 bits per heavy atom. The van der Waals surface area contributed by atoms with Crippen molar-refractivity contribution in [3.63, 3.8) is 0 Å². The second kappa shape index (κ2) is 7.96. The van der Waals surface area contributed by atoms with Crippen molar-refractivity contribution in [2.75, 3.05) is 20.1 Å². The van der Waals surface area contributed by atoms with Crippen molar-refractivity contribution in [1.29, 1.82) is 0 Å². The van der Waals surface area contributed by atoms with Gasteiger partial charge in [0, 0.05) is 26.3 Å². The maximum absolute atomic E-state index is 4.45. The number of pyridine rings is 1. The minimum absolute atomic E-state index is 0. The lowest BCUT2D eigenvalue weighted by Gasteiger charge is -2.22. The molecule has 3 rings (SSSR count). The summed E-state index contributed by atoms with van der Waals surface area (Å²) < 4.78 is 0. The molecule has 1 aliphatic heterocycles. The summed E-state index contributed by atoms with van der Waals surface area (Å²) in [5.41, 5.74) is 1.06. The molecule has 4 nitrogen and oxygen atoms in total. The number of halogens is 1. The molecule has 0 aromatic carbocycles. The summed E-state index contributed by atoms with van der Waals surface area (Å²) in [6, 6.07) is 6.02. The van der Waals surface area contributed by atoms with E-state index < -0.39 is 0 Å². The van der Waals surface area contributed by atoms with Crippen LogP contribution in [0.25, 0.3) is 0 Å². The highest BCUT2D eigenvalue weighted by atomic mass is 127.